The van der Waals surface area contributed by atoms with Gasteiger partial charge < -0.3 is 20.3 Å². The normalized spacial score (nSPS) is 16.1. The Morgan fingerprint density at radius 2 is 1.96 bits per heavy atom. The van der Waals surface area contributed by atoms with E-state index in [4.69, 9.17) is 4.74 Å². The van der Waals surface area contributed by atoms with Crippen LogP contribution in [0.25, 0.3) is 0 Å². The molecule has 1 aliphatic rings. The summed E-state index contributed by atoms with van der Waals surface area (Å²) in [5, 5.41) is 6.40. The van der Waals surface area contributed by atoms with Crippen LogP contribution in [0.15, 0.2) is 4.99 Å². The van der Waals surface area contributed by atoms with Gasteiger partial charge >= 0.3 is 12.3 Å². The Balaban J connectivity index is 0.00000676. The number of halogens is 4. The van der Waals surface area contributed by atoms with Crippen LogP contribution in [0.5, 0.6) is 0 Å². The Bertz CT molecular complexity index is 458. The molecule has 0 aromatic rings. The van der Waals surface area contributed by atoms with Gasteiger partial charge in [0.25, 0.3) is 0 Å². The van der Waals surface area contributed by atoms with Crippen LogP contribution in [-0.2, 0) is 4.74 Å². The van der Waals surface area contributed by atoms with Crippen molar-refractivity contribution in [2.45, 2.75) is 38.4 Å². The topological polar surface area (TPSA) is 69.2 Å². The van der Waals surface area contributed by atoms with E-state index in [1.807, 2.05) is 0 Å². The van der Waals surface area contributed by atoms with E-state index < -0.39 is 12.7 Å². The molecule has 0 saturated carbocycles. The van der Waals surface area contributed by atoms with E-state index in [0.717, 1.165) is 12.8 Å². The highest BCUT2D eigenvalue weighted by Gasteiger charge is 2.28. The molecule has 0 spiro atoms. The van der Waals surface area contributed by atoms with Gasteiger partial charge in [-0.05, 0) is 39.8 Å². The molecule has 0 aliphatic carbocycles. The molecule has 7 nitrogen and oxygen atoms in total. The molecule has 1 amide bonds. The predicted molar refractivity (Wildman–Crippen MR) is 110 cm³/mol. The summed E-state index contributed by atoms with van der Waals surface area (Å²) in [6.45, 7) is 3.37. The molecular formula is C16H31F3IN5O2. The van der Waals surface area contributed by atoms with Crippen molar-refractivity contribution in [3.8, 4) is 0 Å². The van der Waals surface area contributed by atoms with E-state index in [1.165, 1.54) is 11.9 Å². The van der Waals surface area contributed by atoms with E-state index in [9.17, 15) is 18.0 Å². The lowest BCUT2D eigenvalue weighted by Gasteiger charge is -2.32. The van der Waals surface area contributed by atoms with Gasteiger partial charge in [-0.15, -0.1) is 24.0 Å². The van der Waals surface area contributed by atoms with Gasteiger partial charge in [0.15, 0.2) is 5.96 Å². The van der Waals surface area contributed by atoms with Gasteiger partial charge in [-0.25, -0.2) is 4.79 Å². The lowest BCUT2D eigenvalue weighted by atomic mass is 10.1. The van der Waals surface area contributed by atoms with Crippen LogP contribution in [-0.4, -0.2) is 87.5 Å². The molecule has 0 aromatic carbocycles. The molecule has 0 radical (unpaired) electrons. The molecule has 0 atom stereocenters. The first-order valence-electron chi connectivity index (χ1n) is 8.89. The molecule has 27 heavy (non-hydrogen) atoms. The smallest absolute Gasteiger partial charge is 0.409 e. The first-order valence-corrected chi connectivity index (χ1v) is 8.89. The molecule has 1 saturated heterocycles. The highest BCUT2D eigenvalue weighted by Crippen LogP contribution is 2.15. The Morgan fingerprint density at radius 1 is 1.33 bits per heavy atom. The summed E-state index contributed by atoms with van der Waals surface area (Å²) in [6, 6.07) is 0.194. The second-order valence-electron chi connectivity index (χ2n) is 6.31. The minimum absolute atomic E-state index is 0. The van der Waals surface area contributed by atoms with E-state index in [1.54, 1.807) is 18.9 Å². The Kier molecular flexibility index (Phi) is 12.8. The summed E-state index contributed by atoms with van der Waals surface area (Å²) < 4.78 is 41.8. The second-order valence-corrected chi connectivity index (χ2v) is 6.31. The third-order valence-electron chi connectivity index (χ3n) is 4.04. The van der Waals surface area contributed by atoms with Crippen molar-refractivity contribution in [3.05, 3.63) is 0 Å². The maximum atomic E-state index is 12.3. The molecule has 2 N–H and O–H groups in total. The quantitative estimate of drug-likeness (QED) is 0.239. The van der Waals surface area contributed by atoms with Gasteiger partial charge in [-0.2, -0.15) is 13.2 Å². The number of rotatable bonds is 7. The van der Waals surface area contributed by atoms with Crippen LogP contribution in [0.3, 0.4) is 0 Å². The summed E-state index contributed by atoms with van der Waals surface area (Å²) in [4.78, 5) is 18.8. The van der Waals surface area contributed by atoms with Gasteiger partial charge in [0, 0.05) is 32.7 Å². The van der Waals surface area contributed by atoms with Crippen molar-refractivity contribution in [1.82, 2.24) is 20.4 Å². The van der Waals surface area contributed by atoms with Crippen LogP contribution < -0.4 is 10.6 Å². The number of alkyl halides is 3. The van der Waals surface area contributed by atoms with Crippen LogP contribution in [0.2, 0.25) is 0 Å². The monoisotopic (exact) mass is 509 g/mol. The Hall–Kier alpha value is -0.980. The average Bonchev–Trinajstić information content (AvgIpc) is 2.56. The summed E-state index contributed by atoms with van der Waals surface area (Å²) in [5.41, 5.74) is 0. The number of carbonyl (C=O) groups excluding carboxylic acids is 1. The maximum Gasteiger partial charge on any atom is 0.409 e. The average molecular weight is 509 g/mol. The second kappa shape index (κ2) is 13.2. The summed E-state index contributed by atoms with van der Waals surface area (Å²) in [5.74, 6) is 0.623. The minimum Gasteiger partial charge on any atom is -0.450 e. The first-order chi connectivity index (χ1) is 12.2. The van der Waals surface area contributed by atoms with Crippen molar-refractivity contribution in [2.24, 2.45) is 4.99 Å². The van der Waals surface area contributed by atoms with Crippen LogP contribution in [0, 0.1) is 0 Å². The van der Waals surface area contributed by atoms with Gasteiger partial charge in [0.1, 0.15) is 0 Å². The van der Waals surface area contributed by atoms with Gasteiger partial charge in [-0.1, -0.05) is 0 Å². The van der Waals surface area contributed by atoms with Crippen molar-refractivity contribution in [1.29, 1.82) is 0 Å². The number of hydrogen-bond acceptors (Lipinski definition) is 4. The zero-order chi connectivity index (χ0) is 19.6. The summed E-state index contributed by atoms with van der Waals surface area (Å²) in [7, 11) is 3.11. The fraction of sp³-hybridized carbons (Fsp3) is 0.875. The predicted octanol–water partition coefficient (Wildman–Crippen LogP) is 2.27. The SMILES string of the molecule is CCOC(=O)N1CCC(NC(=NC)NCCCN(C)CC(F)(F)F)CC1.I. The molecular weight excluding hydrogens is 478 g/mol. The van der Waals surface area contributed by atoms with Crippen LogP contribution in [0.4, 0.5) is 18.0 Å². The number of nitrogens with one attached hydrogen (secondary N) is 2. The number of guanidine groups is 1. The van der Waals surface area contributed by atoms with E-state index in [2.05, 4.69) is 15.6 Å². The highest BCUT2D eigenvalue weighted by molar-refractivity contribution is 14.0. The van der Waals surface area contributed by atoms with Crippen LogP contribution >= 0.6 is 24.0 Å². The number of carbonyl (C=O) groups is 1. The zero-order valence-corrected chi connectivity index (χ0v) is 18.5. The minimum atomic E-state index is -4.17. The number of hydrogen-bond donors (Lipinski definition) is 2. The third kappa shape index (κ3) is 11.5. The van der Waals surface area contributed by atoms with Crippen molar-refractivity contribution in [3.63, 3.8) is 0 Å². The van der Waals surface area contributed by atoms with Crippen molar-refractivity contribution >= 4 is 36.0 Å². The van der Waals surface area contributed by atoms with Gasteiger partial charge in [0.2, 0.25) is 0 Å². The first kappa shape index (κ1) is 26.0. The fourth-order valence-corrected chi connectivity index (χ4v) is 2.75. The zero-order valence-electron chi connectivity index (χ0n) is 16.1. The number of piperidine rings is 1. The molecule has 1 fully saturated rings. The lowest BCUT2D eigenvalue weighted by Crippen LogP contribution is -2.50. The number of aliphatic imine (C=N–C) groups is 1. The van der Waals surface area contributed by atoms with Gasteiger partial charge in [-0.3, -0.25) is 9.89 Å². The molecule has 0 bridgehead atoms. The number of nitrogens with zero attached hydrogens (tertiary/aromatic N) is 3. The van der Waals surface area contributed by atoms with Crippen molar-refractivity contribution in [2.75, 3.05) is 53.4 Å². The maximum absolute atomic E-state index is 12.3. The fourth-order valence-electron chi connectivity index (χ4n) is 2.75. The number of likely N-dealkylation sites (tertiary alicyclic amines) is 1. The molecule has 160 valence electrons. The van der Waals surface area contributed by atoms with Crippen LogP contribution in [0.1, 0.15) is 26.2 Å². The third-order valence-corrected chi connectivity index (χ3v) is 4.04. The molecule has 11 heteroatoms. The van der Waals surface area contributed by atoms with Gasteiger partial charge in [0.05, 0.1) is 13.2 Å². The molecule has 0 aromatic heterocycles. The number of ether oxygens (including phenoxy) is 1. The molecule has 0 unspecified atom stereocenters. The van der Waals surface area contributed by atoms with E-state index in [-0.39, 0.29) is 36.1 Å². The Labute approximate surface area is 176 Å². The molecule has 1 aliphatic heterocycles. The largest absolute Gasteiger partial charge is 0.450 e. The summed E-state index contributed by atoms with van der Waals surface area (Å²) in [6.07, 6.45) is -2.30. The lowest BCUT2D eigenvalue weighted by molar-refractivity contribution is -0.143. The van der Waals surface area contributed by atoms with E-state index >= 15 is 0 Å². The summed E-state index contributed by atoms with van der Waals surface area (Å²) >= 11 is 0. The Morgan fingerprint density at radius 3 is 2.48 bits per heavy atom. The van der Waals surface area contributed by atoms with Crippen molar-refractivity contribution < 1.29 is 22.7 Å². The molecule has 1 rings (SSSR count). The highest BCUT2D eigenvalue weighted by atomic mass is 127. The number of amides is 1. The van der Waals surface area contributed by atoms with E-state index in [0.29, 0.717) is 45.2 Å². The standard InChI is InChI=1S/C16H30F3N5O2.HI/c1-4-26-15(25)24-10-6-13(7-11-24)22-14(20-2)21-8-5-9-23(3)12-16(17,18)19;/h13H,4-12H2,1-3H3,(H2,20,21,22);1H. The molecule has 1 heterocycles.